The highest BCUT2D eigenvalue weighted by molar-refractivity contribution is 7.91. The lowest BCUT2D eigenvalue weighted by Gasteiger charge is -2.20. The summed E-state index contributed by atoms with van der Waals surface area (Å²) in [5.41, 5.74) is 20.0. The minimum atomic E-state index is -5.23. The maximum atomic E-state index is 13.8. The Kier molecular flexibility index (Phi) is 11.5. The fourth-order valence-corrected chi connectivity index (χ4v) is 7.48. The fraction of sp³-hybridized carbons (Fsp3) is 0.0556. The van der Waals surface area contributed by atoms with Crippen molar-refractivity contribution in [2.24, 2.45) is 25.6 Å². The number of nitrogens with zero attached hydrogens (tertiary/aromatic N) is 5. The Hall–Kier alpha value is -7.09. The number of allylic oxidation sites excluding steroid dienone is 1. The average molecular weight is 878 g/mol. The third-order valence-corrected chi connectivity index (χ3v) is 11.2. The molecule has 0 atom stereocenters. The highest BCUT2D eigenvalue weighted by Crippen LogP contribution is 2.43. The maximum Gasteiger partial charge on any atom is 0.296 e. The summed E-state index contributed by atoms with van der Waals surface area (Å²) in [5.74, 6) is -0.748. The van der Waals surface area contributed by atoms with Crippen molar-refractivity contribution in [1.82, 2.24) is 0 Å². The first-order valence-corrected chi connectivity index (χ1v) is 21.0. The maximum absolute atomic E-state index is 13.8. The second-order valence-corrected chi connectivity index (χ2v) is 16.7. The number of benzene rings is 5. The number of nitrogens with one attached hydrogen (secondary N) is 1. The van der Waals surface area contributed by atoms with Crippen molar-refractivity contribution in [1.29, 1.82) is 0 Å². The van der Waals surface area contributed by atoms with Gasteiger partial charge in [0.2, 0.25) is 5.78 Å². The van der Waals surface area contributed by atoms with Crippen molar-refractivity contribution in [3.05, 3.63) is 101 Å². The van der Waals surface area contributed by atoms with Gasteiger partial charge >= 0.3 is 0 Å². The molecule has 1 aliphatic carbocycles. The van der Waals surface area contributed by atoms with Crippen LogP contribution in [0.2, 0.25) is 0 Å². The molecule has 0 aliphatic heterocycles. The lowest BCUT2D eigenvalue weighted by molar-refractivity contribution is 0.106. The standard InChI is InChI=1S/C36H31N9O12S3/c1-56-28-13-18(3-10-26(28)42-41-25-12-5-21(37)17-24(25)38)19-4-11-27(29(14-19)57-2)43-44-34-30(59(50,51)52)15-20-16-31(60(53,54)55)35(36(46)32(20)33(34)39)45-40-22-6-8-23(9-7-22)58(47,48)49/h3-17,40H,37-39H2,1-2H3,(H,47,48,49)(H,50,51,52)(H,53,54,55). The quantitative estimate of drug-likeness (QED) is 0.0311. The molecule has 0 radical (unpaired) electrons. The van der Waals surface area contributed by atoms with Crippen LogP contribution in [0.5, 0.6) is 11.5 Å². The van der Waals surface area contributed by atoms with Crippen LogP contribution in [0.25, 0.3) is 17.2 Å². The second kappa shape index (κ2) is 16.3. The number of Topliss-reactive ketones (excluding diaryl/α,β-unsaturated/α-hetero) is 1. The van der Waals surface area contributed by atoms with E-state index in [1.807, 2.05) is 0 Å². The molecular weight excluding hydrogens is 847 g/mol. The normalized spacial score (nSPS) is 14.1. The molecule has 0 bridgehead atoms. The van der Waals surface area contributed by atoms with Crippen LogP contribution in [-0.2, 0) is 30.4 Å². The molecular formula is C36H31N9O12S3. The van der Waals surface area contributed by atoms with E-state index in [0.717, 1.165) is 24.3 Å². The Labute approximate surface area is 341 Å². The van der Waals surface area contributed by atoms with E-state index in [9.17, 15) is 43.7 Å². The van der Waals surface area contributed by atoms with E-state index in [1.165, 1.54) is 20.3 Å². The molecule has 1 aliphatic rings. The van der Waals surface area contributed by atoms with Crippen LogP contribution < -0.4 is 32.1 Å². The second-order valence-electron chi connectivity index (χ2n) is 12.5. The molecule has 0 unspecified atom stereocenters. The van der Waals surface area contributed by atoms with Crippen molar-refractivity contribution in [2.45, 2.75) is 9.79 Å². The summed E-state index contributed by atoms with van der Waals surface area (Å²) in [4.78, 5) is 11.3. The van der Waals surface area contributed by atoms with Crippen LogP contribution in [-0.4, -0.2) is 64.6 Å². The van der Waals surface area contributed by atoms with Gasteiger partial charge in [0.05, 0.1) is 41.7 Å². The van der Waals surface area contributed by atoms with Crippen LogP contribution >= 0.6 is 0 Å². The van der Waals surface area contributed by atoms with E-state index >= 15 is 0 Å². The zero-order chi connectivity index (χ0) is 43.7. The number of ketones is 1. The SMILES string of the molecule is COc1cc(-c2ccc(N=Nc3c(S(=O)(=O)O)cc4c(c3N)C(=O)C(=NNc3ccc(S(=O)(=O)O)cc3)C(S(=O)(=O)O)=C4)c(OC)c2)ccc1N=Nc1ccc(N)cc1N. The number of hydrogen-bond acceptors (Lipinski definition) is 18. The van der Waals surface area contributed by atoms with Crippen LogP contribution in [0.1, 0.15) is 15.9 Å². The molecule has 21 nitrogen and oxygen atoms in total. The number of methoxy groups -OCH3 is 2. The molecule has 0 spiro atoms. The number of hydrazone groups is 1. The van der Waals surface area contributed by atoms with Crippen molar-refractivity contribution < 1.29 is 53.2 Å². The Morgan fingerprint density at radius 3 is 1.70 bits per heavy atom. The summed E-state index contributed by atoms with van der Waals surface area (Å²) in [6.07, 6.45) is 0.696. The van der Waals surface area contributed by atoms with Gasteiger partial charge in [-0.15, -0.1) is 20.5 Å². The largest absolute Gasteiger partial charge is 0.494 e. The van der Waals surface area contributed by atoms with Crippen molar-refractivity contribution in [3.8, 4) is 22.6 Å². The third-order valence-electron chi connectivity index (χ3n) is 8.57. The lowest BCUT2D eigenvalue weighted by Crippen LogP contribution is -2.28. The van der Waals surface area contributed by atoms with Crippen molar-refractivity contribution >= 4 is 93.4 Å². The minimum Gasteiger partial charge on any atom is -0.494 e. The van der Waals surface area contributed by atoms with E-state index in [4.69, 9.17) is 26.7 Å². The van der Waals surface area contributed by atoms with Gasteiger partial charge in [-0.25, -0.2) is 0 Å². The number of rotatable bonds is 12. The first-order chi connectivity index (χ1) is 28.2. The number of nitrogen functional groups attached to an aromatic ring is 3. The van der Waals surface area contributed by atoms with E-state index < -0.39 is 79.0 Å². The number of nitrogens with two attached hydrogens (primary N) is 3. The molecule has 5 aromatic rings. The van der Waals surface area contributed by atoms with Gasteiger partial charge in [-0.3, -0.25) is 23.9 Å². The van der Waals surface area contributed by atoms with Crippen LogP contribution in [0.3, 0.4) is 0 Å². The molecule has 0 fully saturated rings. The molecule has 6 rings (SSSR count). The van der Waals surface area contributed by atoms with Crippen LogP contribution in [0.15, 0.2) is 125 Å². The van der Waals surface area contributed by atoms with E-state index in [0.29, 0.717) is 51.8 Å². The van der Waals surface area contributed by atoms with Gasteiger partial charge in [0.15, 0.2) is 5.71 Å². The van der Waals surface area contributed by atoms with Gasteiger partial charge < -0.3 is 26.7 Å². The monoisotopic (exact) mass is 877 g/mol. The van der Waals surface area contributed by atoms with Gasteiger partial charge in [-0.1, -0.05) is 12.1 Å². The van der Waals surface area contributed by atoms with Gasteiger partial charge in [-0.05, 0) is 95.6 Å². The summed E-state index contributed by atoms with van der Waals surface area (Å²) in [5, 5.41) is 20.3. The molecule has 0 saturated heterocycles. The predicted molar refractivity (Wildman–Crippen MR) is 220 cm³/mol. The predicted octanol–water partition coefficient (Wildman–Crippen LogP) is 6.33. The average Bonchev–Trinajstić information content (AvgIpc) is 3.18. The lowest BCUT2D eigenvalue weighted by atomic mass is 9.92. The van der Waals surface area contributed by atoms with Crippen molar-refractivity contribution in [2.75, 3.05) is 36.8 Å². The summed E-state index contributed by atoms with van der Waals surface area (Å²) in [6, 6.07) is 19.5. The third kappa shape index (κ3) is 8.97. The molecule has 0 amide bonds. The molecule has 0 aromatic heterocycles. The summed E-state index contributed by atoms with van der Waals surface area (Å²) < 4.78 is 113. The highest BCUT2D eigenvalue weighted by Gasteiger charge is 2.37. The molecule has 0 heterocycles. The molecule has 60 heavy (non-hydrogen) atoms. The number of carbonyl (C=O) groups is 1. The Balaban J connectivity index is 1.36. The number of hydrogen-bond donors (Lipinski definition) is 7. The number of anilines is 4. The fourth-order valence-electron chi connectivity index (χ4n) is 5.67. The topological polar surface area (TPSA) is 351 Å². The number of ether oxygens (including phenoxy) is 2. The Bertz CT molecular complexity index is 3060. The first kappa shape index (κ1) is 42.5. The first-order valence-electron chi connectivity index (χ1n) is 16.6. The van der Waals surface area contributed by atoms with Crippen molar-refractivity contribution in [3.63, 3.8) is 0 Å². The van der Waals surface area contributed by atoms with Gasteiger partial charge in [0.25, 0.3) is 30.4 Å². The number of azo groups is 2. The summed E-state index contributed by atoms with van der Waals surface area (Å²) >= 11 is 0. The smallest absolute Gasteiger partial charge is 0.296 e. The van der Waals surface area contributed by atoms with E-state index in [-0.39, 0.29) is 17.1 Å². The number of fused-ring (bicyclic) bond motifs is 1. The zero-order valence-electron chi connectivity index (χ0n) is 30.9. The van der Waals surface area contributed by atoms with Crippen LogP contribution in [0.4, 0.5) is 45.5 Å². The summed E-state index contributed by atoms with van der Waals surface area (Å²) in [7, 11) is -12.2. The Morgan fingerprint density at radius 2 is 1.18 bits per heavy atom. The van der Waals surface area contributed by atoms with E-state index in [1.54, 1.807) is 48.5 Å². The molecule has 10 N–H and O–H groups in total. The molecule has 5 aromatic carbocycles. The molecule has 0 saturated carbocycles. The zero-order valence-corrected chi connectivity index (χ0v) is 33.3. The molecule has 24 heteroatoms. The highest BCUT2D eigenvalue weighted by atomic mass is 32.2. The minimum absolute atomic E-state index is 0.00589. The number of carbonyl (C=O) groups excluding carboxylic acids is 1. The van der Waals surface area contributed by atoms with Gasteiger partial charge in [0, 0.05) is 5.69 Å². The summed E-state index contributed by atoms with van der Waals surface area (Å²) in [6.45, 7) is 0. The van der Waals surface area contributed by atoms with Gasteiger partial charge in [-0.2, -0.15) is 30.4 Å². The van der Waals surface area contributed by atoms with Gasteiger partial charge in [0.1, 0.15) is 44.0 Å². The Morgan fingerprint density at radius 1 is 0.633 bits per heavy atom. The molecule has 310 valence electrons. The van der Waals surface area contributed by atoms with Crippen LogP contribution in [0, 0.1) is 0 Å². The van der Waals surface area contributed by atoms with E-state index in [2.05, 4.69) is 31.0 Å².